The quantitative estimate of drug-likeness (QED) is 0.895. The van der Waals surface area contributed by atoms with Crippen molar-refractivity contribution < 1.29 is 12.8 Å². The Morgan fingerprint density at radius 1 is 1.13 bits per heavy atom. The van der Waals surface area contributed by atoms with Gasteiger partial charge in [0.2, 0.25) is 0 Å². The number of aromatic nitrogens is 1. The van der Waals surface area contributed by atoms with Crippen molar-refractivity contribution in [2.75, 3.05) is 10.0 Å². The molecule has 124 valence electrons. The molecule has 0 saturated heterocycles. The maximum absolute atomic E-state index is 13.1. The number of halogens is 1. The van der Waals surface area contributed by atoms with E-state index >= 15 is 0 Å². The van der Waals surface area contributed by atoms with Gasteiger partial charge in [-0.25, -0.2) is 17.8 Å². The second-order valence-electron chi connectivity index (χ2n) is 6.32. The van der Waals surface area contributed by atoms with Gasteiger partial charge in [0.15, 0.2) is 0 Å². The molecule has 1 aromatic heterocycles. The number of rotatable bonds is 4. The van der Waals surface area contributed by atoms with E-state index in [9.17, 15) is 12.8 Å². The van der Waals surface area contributed by atoms with Crippen LogP contribution in [0.15, 0.2) is 41.4 Å². The molecule has 0 unspecified atom stereocenters. The summed E-state index contributed by atoms with van der Waals surface area (Å²) < 4.78 is 40.2. The van der Waals surface area contributed by atoms with Gasteiger partial charge in [0.25, 0.3) is 10.0 Å². The summed E-state index contributed by atoms with van der Waals surface area (Å²) in [5.74, 6) is -0.273. The molecule has 1 aromatic carbocycles. The third-order valence-electron chi connectivity index (χ3n) is 2.95. The van der Waals surface area contributed by atoms with Crippen molar-refractivity contribution in [1.82, 2.24) is 4.98 Å². The molecule has 1 heterocycles. The van der Waals surface area contributed by atoms with Crippen molar-refractivity contribution in [3.63, 3.8) is 0 Å². The first-order chi connectivity index (χ1) is 10.6. The molecule has 0 fully saturated rings. The molecule has 2 aromatic rings. The standard InChI is InChI=1S/C16H20FN3O2S/c1-11-9-12(17)5-7-14(11)23(21,22)20-15-8-6-13(10-18-15)19-16(2,3)4/h5-10,19H,1-4H3,(H,18,20). The molecule has 0 aliphatic carbocycles. The SMILES string of the molecule is Cc1cc(F)ccc1S(=O)(=O)Nc1ccc(NC(C)(C)C)cn1. The number of nitrogens with zero attached hydrogens (tertiary/aromatic N) is 1. The van der Waals surface area contributed by atoms with E-state index < -0.39 is 15.8 Å². The summed E-state index contributed by atoms with van der Waals surface area (Å²) in [6, 6.07) is 6.85. The zero-order chi connectivity index (χ0) is 17.3. The van der Waals surface area contributed by atoms with E-state index in [1.54, 1.807) is 25.3 Å². The number of aryl methyl sites for hydroxylation is 1. The lowest BCUT2D eigenvalue weighted by molar-refractivity contribution is 0.598. The van der Waals surface area contributed by atoms with Crippen LogP contribution in [0.2, 0.25) is 0 Å². The van der Waals surface area contributed by atoms with Crippen LogP contribution in [0.25, 0.3) is 0 Å². The van der Waals surface area contributed by atoms with E-state index in [1.807, 2.05) is 20.8 Å². The molecule has 0 aliphatic rings. The lowest BCUT2D eigenvalue weighted by atomic mass is 10.1. The first-order valence-electron chi connectivity index (χ1n) is 7.10. The lowest BCUT2D eigenvalue weighted by Crippen LogP contribution is -2.26. The van der Waals surface area contributed by atoms with Crippen LogP contribution in [-0.4, -0.2) is 18.9 Å². The van der Waals surface area contributed by atoms with Gasteiger partial charge in [-0.15, -0.1) is 0 Å². The Balaban J connectivity index is 2.21. The molecule has 23 heavy (non-hydrogen) atoms. The van der Waals surface area contributed by atoms with Crippen molar-refractivity contribution in [2.45, 2.75) is 38.1 Å². The summed E-state index contributed by atoms with van der Waals surface area (Å²) in [6.45, 7) is 7.59. The number of pyridine rings is 1. The second kappa shape index (κ2) is 6.16. The highest BCUT2D eigenvalue weighted by atomic mass is 32.2. The van der Waals surface area contributed by atoms with Crippen LogP contribution >= 0.6 is 0 Å². The van der Waals surface area contributed by atoms with E-state index in [1.165, 1.54) is 12.1 Å². The molecule has 0 spiro atoms. The predicted molar refractivity (Wildman–Crippen MR) is 89.6 cm³/mol. The molecule has 0 radical (unpaired) electrons. The minimum atomic E-state index is -3.81. The Labute approximate surface area is 136 Å². The Morgan fingerprint density at radius 3 is 2.35 bits per heavy atom. The van der Waals surface area contributed by atoms with E-state index in [0.717, 1.165) is 11.8 Å². The van der Waals surface area contributed by atoms with Gasteiger partial charge in [0, 0.05) is 5.54 Å². The zero-order valence-corrected chi connectivity index (χ0v) is 14.3. The van der Waals surface area contributed by atoms with E-state index in [4.69, 9.17) is 0 Å². The van der Waals surface area contributed by atoms with E-state index in [-0.39, 0.29) is 16.3 Å². The van der Waals surface area contributed by atoms with Gasteiger partial charge < -0.3 is 5.32 Å². The average molecular weight is 337 g/mol. The van der Waals surface area contributed by atoms with E-state index in [2.05, 4.69) is 15.0 Å². The summed E-state index contributed by atoms with van der Waals surface area (Å²) in [5, 5.41) is 3.24. The van der Waals surface area contributed by atoms with Crippen LogP contribution in [0.5, 0.6) is 0 Å². The predicted octanol–water partition coefficient (Wildman–Crippen LogP) is 3.54. The molecular weight excluding hydrogens is 317 g/mol. The number of hydrogen-bond donors (Lipinski definition) is 2. The number of anilines is 2. The molecule has 0 amide bonds. The first kappa shape index (κ1) is 17.2. The van der Waals surface area contributed by atoms with Gasteiger partial charge in [-0.3, -0.25) is 4.72 Å². The maximum atomic E-state index is 13.1. The topological polar surface area (TPSA) is 71.1 Å². The summed E-state index contributed by atoms with van der Waals surface area (Å²) in [4.78, 5) is 4.12. The van der Waals surface area contributed by atoms with Gasteiger partial charge >= 0.3 is 0 Å². The third kappa shape index (κ3) is 4.66. The fourth-order valence-corrected chi connectivity index (χ4v) is 3.30. The van der Waals surface area contributed by atoms with Gasteiger partial charge in [0.05, 0.1) is 16.8 Å². The molecule has 7 heteroatoms. The van der Waals surface area contributed by atoms with Crippen molar-refractivity contribution in [3.8, 4) is 0 Å². The molecule has 5 nitrogen and oxygen atoms in total. The van der Waals surface area contributed by atoms with Crippen LogP contribution < -0.4 is 10.0 Å². The van der Waals surface area contributed by atoms with Crippen LogP contribution in [0.3, 0.4) is 0 Å². The third-order valence-corrected chi connectivity index (χ3v) is 4.46. The smallest absolute Gasteiger partial charge is 0.263 e. The molecule has 0 saturated carbocycles. The minimum absolute atomic E-state index is 0.0255. The first-order valence-corrected chi connectivity index (χ1v) is 8.58. The second-order valence-corrected chi connectivity index (χ2v) is 7.97. The highest BCUT2D eigenvalue weighted by Crippen LogP contribution is 2.20. The fraction of sp³-hybridized carbons (Fsp3) is 0.312. The van der Waals surface area contributed by atoms with Crippen LogP contribution in [0.1, 0.15) is 26.3 Å². The molecule has 0 aliphatic heterocycles. The molecule has 0 atom stereocenters. The molecule has 0 bridgehead atoms. The van der Waals surface area contributed by atoms with Crippen molar-refractivity contribution in [2.24, 2.45) is 0 Å². The molecule has 2 rings (SSSR count). The van der Waals surface area contributed by atoms with E-state index in [0.29, 0.717) is 5.56 Å². The lowest BCUT2D eigenvalue weighted by Gasteiger charge is -2.21. The Kier molecular flexibility index (Phi) is 4.61. The maximum Gasteiger partial charge on any atom is 0.263 e. The van der Waals surface area contributed by atoms with Crippen LogP contribution in [-0.2, 0) is 10.0 Å². The van der Waals surface area contributed by atoms with Gasteiger partial charge in [0.1, 0.15) is 11.6 Å². The summed E-state index contributed by atoms with van der Waals surface area (Å²) in [7, 11) is -3.81. The Bertz CT molecular complexity index is 797. The molecule has 2 N–H and O–H groups in total. The Morgan fingerprint density at radius 2 is 1.83 bits per heavy atom. The minimum Gasteiger partial charge on any atom is -0.379 e. The largest absolute Gasteiger partial charge is 0.379 e. The highest BCUT2D eigenvalue weighted by Gasteiger charge is 2.18. The van der Waals surface area contributed by atoms with Crippen molar-refractivity contribution in [1.29, 1.82) is 0 Å². The number of sulfonamides is 1. The summed E-state index contributed by atoms with van der Waals surface area (Å²) >= 11 is 0. The normalized spacial score (nSPS) is 12.0. The fourth-order valence-electron chi connectivity index (χ4n) is 2.07. The number of benzene rings is 1. The Hall–Kier alpha value is -2.15. The highest BCUT2D eigenvalue weighted by molar-refractivity contribution is 7.92. The molecular formula is C16H20FN3O2S. The van der Waals surface area contributed by atoms with Crippen molar-refractivity contribution >= 4 is 21.5 Å². The monoisotopic (exact) mass is 337 g/mol. The average Bonchev–Trinajstić information content (AvgIpc) is 2.38. The van der Waals surface area contributed by atoms with Crippen LogP contribution in [0, 0.1) is 12.7 Å². The van der Waals surface area contributed by atoms with Crippen LogP contribution in [0.4, 0.5) is 15.9 Å². The van der Waals surface area contributed by atoms with Gasteiger partial charge in [-0.2, -0.15) is 0 Å². The number of nitrogens with one attached hydrogen (secondary N) is 2. The van der Waals surface area contributed by atoms with Crippen molar-refractivity contribution in [3.05, 3.63) is 47.9 Å². The summed E-state index contributed by atoms with van der Waals surface area (Å²) in [5.41, 5.74) is 1.01. The van der Waals surface area contributed by atoms with Gasteiger partial charge in [-0.05, 0) is 63.6 Å². The van der Waals surface area contributed by atoms with Gasteiger partial charge in [-0.1, -0.05) is 0 Å². The number of hydrogen-bond acceptors (Lipinski definition) is 4. The zero-order valence-electron chi connectivity index (χ0n) is 13.5. The summed E-state index contributed by atoms with van der Waals surface area (Å²) in [6.07, 6.45) is 1.56.